The molecular weight excluding hydrogens is 450 g/mol. The first-order valence-electron chi connectivity index (χ1n) is 9.64. The van der Waals surface area contributed by atoms with Gasteiger partial charge in [-0.1, -0.05) is 29.8 Å². The Morgan fingerprint density at radius 1 is 0.781 bits per heavy atom. The average molecular weight is 474 g/mol. The van der Waals surface area contributed by atoms with Crippen molar-refractivity contribution in [2.24, 2.45) is 5.14 Å². The predicted octanol–water partition coefficient (Wildman–Crippen LogP) is 3.01. The Morgan fingerprint density at radius 2 is 1.31 bits per heavy atom. The smallest absolute Gasteiger partial charge is 0.261 e. The molecule has 0 unspecified atom stereocenters. The van der Waals surface area contributed by atoms with E-state index in [9.17, 15) is 21.6 Å². The van der Waals surface area contributed by atoms with E-state index in [1.807, 2.05) is 19.1 Å². The number of sulfonamides is 2. The number of aryl methyl sites for hydroxylation is 2. The van der Waals surface area contributed by atoms with Crippen LogP contribution in [-0.2, 0) is 31.3 Å². The Bertz CT molecular complexity index is 1300. The van der Waals surface area contributed by atoms with Crippen molar-refractivity contribution >= 4 is 37.3 Å². The normalized spacial score (nSPS) is 11.7. The molecule has 0 aliphatic carbocycles. The second-order valence-corrected chi connectivity index (χ2v) is 10.5. The van der Waals surface area contributed by atoms with Crippen molar-refractivity contribution < 1.29 is 21.6 Å². The summed E-state index contributed by atoms with van der Waals surface area (Å²) in [6.45, 7) is 1.92. The predicted molar refractivity (Wildman–Crippen MR) is 123 cm³/mol. The maximum absolute atomic E-state index is 12.5. The summed E-state index contributed by atoms with van der Waals surface area (Å²) in [6.07, 6.45) is 0.581. The number of nitrogens with two attached hydrogens (primary N) is 1. The molecule has 0 saturated heterocycles. The number of hydrogen-bond acceptors (Lipinski definition) is 5. The average Bonchev–Trinajstić information content (AvgIpc) is 2.74. The number of carbonyl (C=O) groups is 1. The van der Waals surface area contributed by atoms with Gasteiger partial charge in [0.15, 0.2) is 0 Å². The molecule has 0 fully saturated rings. The maximum Gasteiger partial charge on any atom is 0.261 e. The molecule has 10 heteroatoms. The summed E-state index contributed by atoms with van der Waals surface area (Å²) in [4.78, 5) is 12.2. The molecule has 3 aromatic rings. The highest BCUT2D eigenvalue weighted by Crippen LogP contribution is 2.18. The second-order valence-electron chi connectivity index (χ2n) is 7.23. The highest BCUT2D eigenvalue weighted by atomic mass is 32.2. The Kier molecular flexibility index (Phi) is 6.97. The molecule has 0 aliphatic heterocycles. The lowest BCUT2D eigenvalue weighted by atomic mass is 10.1. The monoisotopic (exact) mass is 473 g/mol. The van der Waals surface area contributed by atoms with E-state index in [1.54, 1.807) is 24.3 Å². The van der Waals surface area contributed by atoms with E-state index in [-0.39, 0.29) is 22.1 Å². The Labute approximate surface area is 187 Å². The van der Waals surface area contributed by atoms with Gasteiger partial charge in [-0.15, -0.1) is 0 Å². The number of benzene rings is 3. The molecule has 0 heterocycles. The number of carbonyl (C=O) groups excluding carboxylic acids is 1. The van der Waals surface area contributed by atoms with E-state index in [2.05, 4.69) is 10.0 Å². The van der Waals surface area contributed by atoms with Crippen molar-refractivity contribution in [2.45, 2.75) is 29.6 Å². The molecule has 0 bridgehead atoms. The van der Waals surface area contributed by atoms with E-state index in [1.165, 1.54) is 36.4 Å². The van der Waals surface area contributed by atoms with Crippen LogP contribution in [0.15, 0.2) is 82.6 Å². The van der Waals surface area contributed by atoms with Crippen LogP contribution in [0.2, 0.25) is 0 Å². The van der Waals surface area contributed by atoms with Crippen LogP contribution in [-0.4, -0.2) is 22.7 Å². The van der Waals surface area contributed by atoms with Gasteiger partial charge in [0.2, 0.25) is 15.9 Å². The molecule has 32 heavy (non-hydrogen) atoms. The highest BCUT2D eigenvalue weighted by molar-refractivity contribution is 7.92. The minimum atomic E-state index is -3.79. The first-order chi connectivity index (χ1) is 15.0. The van der Waals surface area contributed by atoms with Crippen molar-refractivity contribution in [3.63, 3.8) is 0 Å². The molecule has 168 valence electrons. The maximum atomic E-state index is 12.5. The van der Waals surface area contributed by atoms with Gasteiger partial charge in [-0.2, -0.15) is 0 Å². The van der Waals surface area contributed by atoms with Gasteiger partial charge in [0.1, 0.15) is 0 Å². The second kappa shape index (κ2) is 9.51. The summed E-state index contributed by atoms with van der Waals surface area (Å²) in [5.74, 6) is -0.258. The zero-order chi connectivity index (χ0) is 23.4. The number of nitrogens with one attached hydrogen (secondary N) is 2. The molecule has 0 radical (unpaired) electrons. The summed E-state index contributed by atoms with van der Waals surface area (Å²) in [7, 11) is -7.50. The van der Waals surface area contributed by atoms with Gasteiger partial charge in [0.05, 0.1) is 9.79 Å². The summed E-state index contributed by atoms with van der Waals surface area (Å²) in [6, 6.07) is 18.9. The molecule has 0 aromatic heterocycles. The number of amides is 1. The van der Waals surface area contributed by atoms with Crippen LogP contribution >= 0.6 is 0 Å². The third-order valence-electron chi connectivity index (χ3n) is 4.64. The molecular formula is C22H23N3O5S2. The van der Waals surface area contributed by atoms with Gasteiger partial charge in [-0.3, -0.25) is 9.52 Å². The van der Waals surface area contributed by atoms with Crippen molar-refractivity contribution in [3.8, 4) is 0 Å². The van der Waals surface area contributed by atoms with Crippen LogP contribution < -0.4 is 15.2 Å². The van der Waals surface area contributed by atoms with Crippen molar-refractivity contribution in [3.05, 3.63) is 83.9 Å². The lowest BCUT2D eigenvalue weighted by Gasteiger charge is -2.09. The zero-order valence-corrected chi connectivity index (χ0v) is 18.9. The molecule has 1 amide bonds. The molecule has 3 rings (SSSR count). The number of rotatable bonds is 8. The topological polar surface area (TPSA) is 135 Å². The number of hydrogen-bond donors (Lipinski definition) is 3. The van der Waals surface area contributed by atoms with Crippen LogP contribution in [0.4, 0.5) is 11.4 Å². The van der Waals surface area contributed by atoms with Crippen molar-refractivity contribution in [2.75, 3.05) is 10.0 Å². The largest absolute Gasteiger partial charge is 0.326 e. The molecule has 0 aliphatic rings. The van der Waals surface area contributed by atoms with E-state index in [0.29, 0.717) is 17.8 Å². The minimum absolute atomic E-state index is 0.0394. The summed E-state index contributed by atoms with van der Waals surface area (Å²) in [5.41, 5.74) is 2.76. The Hall–Kier alpha value is -3.21. The molecule has 3 aromatic carbocycles. The van der Waals surface area contributed by atoms with Crippen molar-refractivity contribution in [1.82, 2.24) is 0 Å². The van der Waals surface area contributed by atoms with Gasteiger partial charge >= 0.3 is 0 Å². The van der Waals surface area contributed by atoms with Crippen LogP contribution in [0.1, 0.15) is 17.5 Å². The minimum Gasteiger partial charge on any atom is -0.326 e. The van der Waals surface area contributed by atoms with Gasteiger partial charge < -0.3 is 5.32 Å². The van der Waals surface area contributed by atoms with Gasteiger partial charge in [0, 0.05) is 17.8 Å². The molecule has 8 nitrogen and oxygen atoms in total. The summed E-state index contributed by atoms with van der Waals surface area (Å²) in [5, 5.41) is 7.72. The third kappa shape index (κ3) is 6.39. The molecule has 0 spiro atoms. The van der Waals surface area contributed by atoms with Gasteiger partial charge in [-0.05, 0) is 67.4 Å². The SMILES string of the molecule is Cc1ccc(NS(=O)(=O)c2ccc(CCC(=O)Nc3ccc(S(N)(=O)=O)cc3)cc2)cc1. The molecule has 0 saturated carbocycles. The highest BCUT2D eigenvalue weighted by Gasteiger charge is 2.14. The molecule has 0 atom stereocenters. The van der Waals surface area contributed by atoms with Crippen molar-refractivity contribution in [1.29, 1.82) is 0 Å². The van der Waals surface area contributed by atoms with Crippen LogP contribution in [0.25, 0.3) is 0 Å². The van der Waals surface area contributed by atoms with Crippen LogP contribution in [0, 0.1) is 6.92 Å². The first-order valence-corrected chi connectivity index (χ1v) is 12.7. The van der Waals surface area contributed by atoms with Crippen LogP contribution in [0.3, 0.4) is 0 Å². The fourth-order valence-electron chi connectivity index (χ4n) is 2.88. The number of anilines is 2. The standard InChI is InChI=1S/C22H23N3O5S2/c1-16-2-7-19(8-3-16)25-32(29,30)21-11-4-17(5-12-21)6-15-22(26)24-18-9-13-20(14-10-18)31(23,27)28/h2-5,7-14,25H,6,15H2,1H3,(H,24,26)(H2,23,27,28). The zero-order valence-electron chi connectivity index (χ0n) is 17.3. The van der Waals surface area contributed by atoms with E-state index < -0.39 is 20.0 Å². The lowest BCUT2D eigenvalue weighted by Crippen LogP contribution is -2.14. The van der Waals surface area contributed by atoms with E-state index in [0.717, 1.165) is 11.1 Å². The van der Waals surface area contributed by atoms with Crippen LogP contribution in [0.5, 0.6) is 0 Å². The van der Waals surface area contributed by atoms with E-state index in [4.69, 9.17) is 5.14 Å². The fourth-order valence-corrected chi connectivity index (χ4v) is 4.45. The molecule has 4 N–H and O–H groups in total. The summed E-state index contributed by atoms with van der Waals surface area (Å²) < 4.78 is 50.1. The fraction of sp³-hybridized carbons (Fsp3) is 0.136. The lowest BCUT2D eigenvalue weighted by molar-refractivity contribution is -0.116. The number of primary sulfonamides is 1. The van der Waals surface area contributed by atoms with Gasteiger partial charge in [-0.25, -0.2) is 22.0 Å². The Morgan fingerprint density at radius 3 is 1.88 bits per heavy atom. The van der Waals surface area contributed by atoms with E-state index >= 15 is 0 Å². The quantitative estimate of drug-likeness (QED) is 0.462. The third-order valence-corrected chi connectivity index (χ3v) is 6.97. The van der Waals surface area contributed by atoms with Gasteiger partial charge in [0.25, 0.3) is 10.0 Å². The first kappa shape index (κ1) is 23.5. The summed E-state index contributed by atoms with van der Waals surface area (Å²) >= 11 is 0. The Balaban J connectivity index is 1.56.